The van der Waals surface area contributed by atoms with Crippen LogP contribution in [0.5, 0.6) is 0 Å². The Morgan fingerprint density at radius 1 is 1.03 bits per heavy atom. The maximum absolute atomic E-state index is 14.7. The Morgan fingerprint density at radius 2 is 1.85 bits per heavy atom. The van der Waals surface area contributed by atoms with Crippen molar-refractivity contribution in [2.45, 2.75) is 39.2 Å². The molecule has 168 valence electrons. The van der Waals surface area contributed by atoms with E-state index in [1.54, 1.807) is 25.1 Å². The molecule has 0 spiro atoms. The second-order valence-electron chi connectivity index (χ2n) is 7.92. The van der Waals surface area contributed by atoms with Crippen molar-refractivity contribution in [1.82, 2.24) is 29.5 Å². The highest BCUT2D eigenvalue weighted by Crippen LogP contribution is 2.27. The van der Waals surface area contributed by atoms with E-state index in [0.29, 0.717) is 23.0 Å². The number of aryl methyl sites for hydroxylation is 2. The van der Waals surface area contributed by atoms with Gasteiger partial charge < -0.3 is 9.88 Å². The molecule has 0 aliphatic carbocycles. The van der Waals surface area contributed by atoms with Crippen LogP contribution in [0.4, 0.5) is 14.5 Å². The van der Waals surface area contributed by atoms with Crippen molar-refractivity contribution < 1.29 is 13.6 Å². The molecule has 2 aromatic carbocycles. The predicted octanol–water partition coefficient (Wildman–Crippen LogP) is 4.09. The van der Waals surface area contributed by atoms with E-state index in [9.17, 15) is 13.6 Å². The van der Waals surface area contributed by atoms with Gasteiger partial charge in [-0.15, -0.1) is 15.3 Å². The number of aromatic nitrogens is 6. The molecule has 4 aromatic rings. The van der Waals surface area contributed by atoms with Gasteiger partial charge in [-0.05, 0) is 62.2 Å². The van der Waals surface area contributed by atoms with Gasteiger partial charge in [-0.2, -0.15) is 0 Å². The number of nitrogens with one attached hydrogen (secondary N) is 1. The zero-order valence-electron chi connectivity index (χ0n) is 17.9. The van der Waals surface area contributed by atoms with Gasteiger partial charge in [-0.1, -0.05) is 6.42 Å². The Morgan fingerprint density at radius 3 is 2.67 bits per heavy atom. The molecule has 0 unspecified atom stereocenters. The minimum atomic E-state index is -0.545. The third-order valence-electron chi connectivity index (χ3n) is 5.62. The van der Waals surface area contributed by atoms with Gasteiger partial charge in [-0.25, -0.2) is 18.4 Å². The Labute approximate surface area is 188 Å². The van der Waals surface area contributed by atoms with Crippen LogP contribution >= 0.6 is 0 Å². The Balaban J connectivity index is 1.41. The summed E-state index contributed by atoms with van der Waals surface area (Å²) in [5.41, 5.74) is 1.24. The van der Waals surface area contributed by atoms with Crippen molar-refractivity contribution >= 4 is 11.6 Å². The fourth-order valence-corrected chi connectivity index (χ4v) is 3.96. The highest BCUT2D eigenvalue weighted by Gasteiger charge is 2.20. The molecule has 0 bridgehead atoms. The fourth-order valence-electron chi connectivity index (χ4n) is 3.96. The number of benzene rings is 2. The molecule has 10 heteroatoms. The average Bonchev–Trinajstić information content (AvgIpc) is 3.31. The molecule has 0 fully saturated rings. The van der Waals surface area contributed by atoms with Crippen molar-refractivity contribution in [2.24, 2.45) is 0 Å². The van der Waals surface area contributed by atoms with Gasteiger partial charge in [0, 0.05) is 18.7 Å². The van der Waals surface area contributed by atoms with E-state index < -0.39 is 11.7 Å². The van der Waals surface area contributed by atoms with Crippen molar-refractivity contribution in [2.75, 3.05) is 5.32 Å². The lowest BCUT2D eigenvalue weighted by molar-refractivity contribution is 0.101. The normalized spacial score (nSPS) is 13.4. The average molecular weight is 449 g/mol. The third-order valence-corrected chi connectivity index (χ3v) is 5.62. The summed E-state index contributed by atoms with van der Waals surface area (Å²) in [5.74, 6) is 0.360. The van der Waals surface area contributed by atoms with Gasteiger partial charge in [-0.3, -0.25) is 4.79 Å². The summed E-state index contributed by atoms with van der Waals surface area (Å²) < 4.78 is 31.3. The SMILES string of the molecule is Cc1nc(C(=O)Nc2ccc(F)c(-c3nnc4n3CCCCC4)c2)nn1-c1ccc(F)cc1. The molecule has 1 aliphatic heterocycles. The number of hydrogen-bond acceptors (Lipinski definition) is 5. The van der Waals surface area contributed by atoms with E-state index in [1.807, 2.05) is 4.57 Å². The molecule has 33 heavy (non-hydrogen) atoms. The molecule has 3 heterocycles. The summed E-state index contributed by atoms with van der Waals surface area (Å²) >= 11 is 0. The van der Waals surface area contributed by atoms with E-state index in [0.717, 1.165) is 38.1 Å². The number of anilines is 1. The Hall–Kier alpha value is -3.95. The van der Waals surface area contributed by atoms with Crippen LogP contribution in [0.3, 0.4) is 0 Å². The number of hydrogen-bond donors (Lipinski definition) is 1. The molecule has 0 radical (unpaired) electrons. The maximum atomic E-state index is 14.7. The highest BCUT2D eigenvalue weighted by atomic mass is 19.1. The molecule has 1 N–H and O–H groups in total. The van der Waals surface area contributed by atoms with Gasteiger partial charge >= 0.3 is 0 Å². The second kappa shape index (κ2) is 8.53. The van der Waals surface area contributed by atoms with Crippen LogP contribution < -0.4 is 5.32 Å². The minimum Gasteiger partial charge on any atom is -0.319 e. The second-order valence-corrected chi connectivity index (χ2v) is 7.92. The van der Waals surface area contributed by atoms with Crippen molar-refractivity contribution in [3.8, 4) is 17.1 Å². The lowest BCUT2D eigenvalue weighted by atomic mass is 10.1. The molecule has 8 nitrogen and oxygen atoms in total. The largest absolute Gasteiger partial charge is 0.319 e. The van der Waals surface area contributed by atoms with Crippen LogP contribution in [0, 0.1) is 18.6 Å². The van der Waals surface area contributed by atoms with Crippen LogP contribution in [0.15, 0.2) is 42.5 Å². The topological polar surface area (TPSA) is 90.5 Å². The molecular formula is C23H21F2N7O. The fraction of sp³-hybridized carbons (Fsp3) is 0.261. The van der Waals surface area contributed by atoms with Gasteiger partial charge in [0.05, 0.1) is 11.3 Å². The van der Waals surface area contributed by atoms with Crippen molar-refractivity contribution in [1.29, 1.82) is 0 Å². The number of halogens is 2. The van der Waals surface area contributed by atoms with Crippen molar-refractivity contribution in [3.05, 3.63) is 71.6 Å². The summed E-state index contributed by atoms with van der Waals surface area (Å²) in [5, 5.41) is 15.4. The number of carbonyl (C=O) groups is 1. The van der Waals surface area contributed by atoms with Crippen LogP contribution in [0.25, 0.3) is 17.1 Å². The lowest BCUT2D eigenvalue weighted by Gasteiger charge is -2.10. The quantitative estimate of drug-likeness (QED) is 0.507. The molecule has 1 amide bonds. The summed E-state index contributed by atoms with van der Waals surface area (Å²) in [4.78, 5) is 17.0. The Kier molecular flexibility index (Phi) is 5.41. The van der Waals surface area contributed by atoms with Gasteiger partial charge in [0.1, 0.15) is 23.3 Å². The van der Waals surface area contributed by atoms with Crippen LogP contribution in [0.2, 0.25) is 0 Å². The number of rotatable bonds is 4. The summed E-state index contributed by atoms with van der Waals surface area (Å²) in [6.45, 7) is 2.43. The van der Waals surface area contributed by atoms with Crippen LogP contribution in [-0.4, -0.2) is 35.4 Å². The minimum absolute atomic E-state index is 0.0564. The maximum Gasteiger partial charge on any atom is 0.295 e. The van der Waals surface area contributed by atoms with E-state index in [1.165, 1.54) is 28.9 Å². The lowest BCUT2D eigenvalue weighted by Crippen LogP contribution is -2.14. The Bertz CT molecular complexity index is 1330. The first-order chi connectivity index (χ1) is 16.0. The van der Waals surface area contributed by atoms with E-state index in [4.69, 9.17) is 0 Å². The smallest absolute Gasteiger partial charge is 0.295 e. The molecular weight excluding hydrogens is 428 g/mol. The number of nitrogens with zero attached hydrogens (tertiary/aromatic N) is 6. The standard InChI is InChI=1S/C23H21F2N7O/c1-14-26-21(30-32(14)17-9-6-15(24)7-10-17)23(33)27-16-8-11-19(25)18(13-16)22-29-28-20-5-3-2-4-12-31(20)22/h6-11,13H,2-5,12H2,1H3,(H,27,33). The predicted molar refractivity (Wildman–Crippen MR) is 117 cm³/mol. The summed E-state index contributed by atoms with van der Waals surface area (Å²) in [6.07, 6.45) is 3.93. The van der Waals surface area contributed by atoms with Gasteiger partial charge in [0.15, 0.2) is 5.82 Å². The third kappa shape index (κ3) is 4.11. The molecule has 0 atom stereocenters. The van der Waals surface area contributed by atoms with E-state index in [-0.39, 0.29) is 17.2 Å². The highest BCUT2D eigenvalue weighted by molar-refractivity contribution is 6.01. The van der Waals surface area contributed by atoms with Gasteiger partial charge in [0.2, 0.25) is 5.82 Å². The number of fused-ring (bicyclic) bond motifs is 1. The molecule has 1 aliphatic rings. The number of carbonyl (C=O) groups excluding carboxylic acids is 1. The number of amides is 1. The summed E-state index contributed by atoms with van der Waals surface area (Å²) in [6, 6.07) is 10.0. The molecule has 0 saturated heterocycles. The zero-order chi connectivity index (χ0) is 22.9. The monoisotopic (exact) mass is 449 g/mol. The van der Waals surface area contributed by atoms with Crippen LogP contribution in [0.1, 0.15) is 41.5 Å². The van der Waals surface area contributed by atoms with E-state index in [2.05, 4.69) is 25.6 Å². The molecule has 5 rings (SSSR count). The summed E-state index contributed by atoms with van der Waals surface area (Å²) in [7, 11) is 0. The first-order valence-corrected chi connectivity index (χ1v) is 10.7. The van der Waals surface area contributed by atoms with Crippen molar-refractivity contribution in [3.63, 3.8) is 0 Å². The van der Waals surface area contributed by atoms with Crippen LogP contribution in [-0.2, 0) is 13.0 Å². The first kappa shape index (κ1) is 20.9. The van der Waals surface area contributed by atoms with E-state index >= 15 is 0 Å². The first-order valence-electron chi connectivity index (χ1n) is 10.7. The zero-order valence-corrected chi connectivity index (χ0v) is 17.9. The molecule has 2 aromatic heterocycles. The van der Waals surface area contributed by atoms with Gasteiger partial charge in [0.25, 0.3) is 5.91 Å². The molecule has 0 saturated carbocycles.